The molecule has 5 heteroatoms. The van der Waals surface area contributed by atoms with Crippen LogP contribution in [0.25, 0.3) is 10.8 Å². The minimum absolute atomic E-state index is 0.0637. The summed E-state index contributed by atoms with van der Waals surface area (Å²) in [6.07, 6.45) is 3.50. The van der Waals surface area contributed by atoms with E-state index < -0.39 is 17.4 Å². The second kappa shape index (κ2) is 5.42. The number of nitrogens with zero attached hydrogens (tertiary/aromatic N) is 1. The Bertz CT molecular complexity index is 947. The van der Waals surface area contributed by atoms with Crippen molar-refractivity contribution in [2.24, 2.45) is 11.8 Å². The van der Waals surface area contributed by atoms with Gasteiger partial charge in [0.2, 0.25) is 5.91 Å². The topological polar surface area (TPSA) is 55.8 Å². The van der Waals surface area contributed by atoms with Crippen molar-refractivity contribution in [2.75, 3.05) is 18.1 Å². The minimum Gasteiger partial charge on any atom is -0.466 e. The quantitative estimate of drug-likeness (QED) is 0.631. The van der Waals surface area contributed by atoms with Gasteiger partial charge < -0.3 is 14.4 Å². The van der Waals surface area contributed by atoms with Gasteiger partial charge in [-0.25, -0.2) is 0 Å². The lowest BCUT2D eigenvalue weighted by Crippen LogP contribution is -2.40. The van der Waals surface area contributed by atoms with E-state index in [0.29, 0.717) is 13.2 Å². The standard InChI is InChI=1S/C21H19NO4/c1-2-25-20(24)17-16-10-11-21(26-16)12-22(19(23)18(17)21)15-9-5-7-13-6-3-4-8-14(13)15/h3-11,16-18H,2,12H2,1H3/t16-,17-,18-,21+/m0/s1. The van der Waals surface area contributed by atoms with E-state index in [1.54, 1.807) is 11.8 Å². The Labute approximate surface area is 151 Å². The Hall–Kier alpha value is -2.66. The van der Waals surface area contributed by atoms with Gasteiger partial charge in [-0.2, -0.15) is 0 Å². The van der Waals surface area contributed by atoms with Gasteiger partial charge >= 0.3 is 5.97 Å². The molecule has 0 N–H and O–H groups in total. The maximum atomic E-state index is 13.3. The highest BCUT2D eigenvalue weighted by Gasteiger charge is 2.67. The van der Waals surface area contributed by atoms with Crippen molar-refractivity contribution >= 4 is 28.3 Å². The van der Waals surface area contributed by atoms with Crippen molar-refractivity contribution < 1.29 is 19.1 Å². The number of benzene rings is 2. The largest absolute Gasteiger partial charge is 0.466 e. The number of hydrogen-bond donors (Lipinski definition) is 0. The molecule has 132 valence electrons. The van der Waals surface area contributed by atoms with Gasteiger partial charge in [-0.3, -0.25) is 9.59 Å². The molecule has 0 saturated carbocycles. The van der Waals surface area contributed by atoms with E-state index >= 15 is 0 Å². The zero-order chi connectivity index (χ0) is 17.9. The molecule has 0 aromatic heterocycles. The van der Waals surface area contributed by atoms with Crippen LogP contribution in [0, 0.1) is 11.8 Å². The Kier molecular flexibility index (Phi) is 3.25. The fraction of sp³-hybridized carbons (Fsp3) is 0.333. The van der Waals surface area contributed by atoms with Crippen LogP contribution in [0.2, 0.25) is 0 Å². The van der Waals surface area contributed by atoms with Crippen LogP contribution >= 0.6 is 0 Å². The Balaban J connectivity index is 1.58. The third-order valence-corrected chi connectivity index (χ3v) is 5.72. The maximum absolute atomic E-state index is 13.3. The number of ether oxygens (including phenoxy) is 2. The number of anilines is 1. The number of carbonyl (C=O) groups is 2. The molecule has 1 amide bonds. The van der Waals surface area contributed by atoms with Gasteiger partial charge in [0.1, 0.15) is 11.5 Å². The van der Waals surface area contributed by atoms with Crippen LogP contribution in [0.4, 0.5) is 5.69 Å². The van der Waals surface area contributed by atoms with Gasteiger partial charge in [0.05, 0.1) is 30.9 Å². The lowest BCUT2D eigenvalue weighted by molar-refractivity contribution is -0.151. The summed E-state index contributed by atoms with van der Waals surface area (Å²) < 4.78 is 11.3. The summed E-state index contributed by atoms with van der Waals surface area (Å²) in [5.41, 5.74) is 0.135. The monoisotopic (exact) mass is 349 g/mol. The summed E-state index contributed by atoms with van der Waals surface area (Å²) in [7, 11) is 0. The molecule has 4 atom stereocenters. The molecule has 0 unspecified atom stereocenters. The first-order valence-corrected chi connectivity index (χ1v) is 8.97. The molecule has 2 saturated heterocycles. The zero-order valence-corrected chi connectivity index (χ0v) is 14.4. The van der Waals surface area contributed by atoms with E-state index in [2.05, 4.69) is 0 Å². The van der Waals surface area contributed by atoms with E-state index in [4.69, 9.17) is 9.47 Å². The molecular weight excluding hydrogens is 330 g/mol. The SMILES string of the molecule is CCOC(=O)[C@H]1[C@@H]2C=C[C@]3(CN(c4cccc5ccccc45)C(=O)[C@H]13)O2. The average Bonchev–Trinajstić information content (AvgIpc) is 3.30. The van der Waals surface area contributed by atoms with Crippen molar-refractivity contribution in [1.29, 1.82) is 0 Å². The van der Waals surface area contributed by atoms with Gasteiger partial charge in [-0.05, 0) is 18.4 Å². The average molecular weight is 349 g/mol. The predicted octanol–water partition coefficient (Wildman–Crippen LogP) is 2.69. The van der Waals surface area contributed by atoms with E-state index in [0.717, 1.165) is 16.5 Å². The molecule has 3 heterocycles. The molecule has 1 spiro atoms. The maximum Gasteiger partial charge on any atom is 0.312 e. The van der Waals surface area contributed by atoms with Gasteiger partial charge in [0.25, 0.3) is 0 Å². The van der Waals surface area contributed by atoms with Crippen molar-refractivity contribution in [3.05, 3.63) is 54.6 Å². The number of fused-ring (bicyclic) bond motifs is 2. The number of esters is 1. The molecule has 2 bridgehead atoms. The molecule has 2 aromatic carbocycles. The normalized spacial score (nSPS) is 31.7. The first kappa shape index (κ1) is 15.6. The molecule has 2 fully saturated rings. The summed E-state index contributed by atoms with van der Waals surface area (Å²) in [5.74, 6) is -1.49. The molecular formula is C21H19NO4. The second-order valence-electron chi connectivity index (χ2n) is 7.07. The first-order valence-electron chi connectivity index (χ1n) is 8.97. The van der Waals surface area contributed by atoms with Gasteiger partial charge in [-0.15, -0.1) is 0 Å². The van der Waals surface area contributed by atoms with Crippen LogP contribution in [-0.2, 0) is 19.1 Å². The number of rotatable bonds is 3. The number of hydrogen-bond acceptors (Lipinski definition) is 4. The molecule has 0 radical (unpaired) electrons. The predicted molar refractivity (Wildman–Crippen MR) is 96.7 cm³/mol. The van der Waals surface area contributed by atoms with E-state index in [1.165, 1.54) is 0 Å². The van der Waals surface area contributed by atoms with Crippen molar-refractivity contribution in [1.82, 2.24) is 0 Å². The molecule has 2 aromatic rings. The molecule has 5 rings (SSSR count). The highest BCUT2D eigenvalue weighted by atomic mass is 16.6. The van der Waals surface area contributed by atoms with Crippen LogP contribution in [-0.4, -0.2) is 36.7 Å². The third kappa shape index (κ3) is 1.95. The number of amides is 1. The minimum atomic E-state index is -0.726. The Morgan fingerprint density at radius 1 is 1.27 bits per heavy atom. The fourth-order valence-corrected chi connectivity index (χ4v) is 4.65. The summed E-state index contributed by atoms with van der Waals surface area (Å²) >= 11 is 0. The van der Waals surface area contributed by atoms with Crippen molar-refractivity contribution in [3.63, 3.8) is 0 Å². The fourth-order valence-electron chi connectivity index (χ4n) is 4.65. The van der Waals surface area contributed by atoms with Gasteiger partial charge in [0.15, 0.2) is 0 Å². The van der Waals surface area contributed by atoms with Crippen LogP contribution in [0.15, 0.2) is 54.6 Å². The van der Waals surface area contributed by atoms with Crippen LogP contribution in [0.5, 0.6) is 0 Å². The summed E-state index contributed by atoms with van der Waals surface area (Å²) in [4.78, 5) is 27.6. The summed E-state index contributed by atoms with van der Waals surface area (Å²) in [6, 6.07) is 13.9. The highest BCUT2D eigenvalue weighted by Crippen LogP contribution is 2.53. The number of carbonyl (C=O) groups excluding carboxylic acids is 2. The second-order valence-corrected chi connectivity index (χ2v) is 7.07. The van der Waals surface area contributed by atoms with Crippen LogP contribution in [0.3, 0.4) is 0 Å². The van der Waals surface area contributed by atoms with Gasteiger partial charge in [0, 0.05) is 5.39 Å². The molecule has 3 aliphatic heterocycles. The Morgan fingerprint density at radius 3 is 2.92 bits per heavy atom. The Morgan fingerprint density at radius 2 is 2.08 bits per heavy atom. The molecule has 5 nitrogen and oxygen atoms in total. The zero-order valence-electron chi connectivity index (χ0n) is 14.4. The lowest BCUT2D eigenvalue weighted by atomic mass is 9.77. The van der Waals surface area contributed by atoms with E-state index in [-0.39, 0.29) is 18.0 Å². The molecule has 0 aliphatic carbocycles. The van der Waals surface area contributed by atoms with Crippen LogP contribution < -0.4 is 4.90 Å². The lowest BCUT2D eigenvalue weighted by Gasteiger charge is -2.22. The summed E-state index contributed by atoms with van der Waals surface area (Å²) in [5, 5.41) is 2.10. The van der Waals surface area contributed by atoms with Crippen molar-refractivity contribution in [2.45, 2.75) is 18.6 Å². The molecule has 3 aliphatic rings. The summed E-state index contributed by atoms with van der Waals surface area (Å²) in [6.45, 7) is 2.50. The van der Waals surface area contributed by atoms with E-state index in [1.807, 2.05) is 54.6 Å². The highest BCUT2D eigenvalue weighted by molar-refractivity contribution is 6.08. The first-order chi connectivity index (χ1) is 12.6. The van der Waals surface area contributed by atoms with Gasteiger partial charge in [-0.1, -0.05) is 48.6 Å². The smallest absolute Gasteiger partial charge is 0.312 e. The molecule has 26 heavy (non-hydrogen) atoms. The van der Waals surface area contributed by atoms with E-state index in [9.17, 15) is 9.59 Å². The van der Waals surface area contributed by atoms with Crippen molar-refractivity contribution in [3.8, 4) is 0 Å². The third-order valence-electron chi connectivity index (χ3n) is 5.72. The van der Waals surface area contributed by atoms with Crippen LogP contribution in [0.1, 0.15) is 6.92 Å².